The lowest BCUT2D eigenvalue weighted by atomic mass is 9.95. The van der Waals surface area contributed by atoms with Gasteiger partial charge in [0.25, 0.3) is 0 Å². The first-order chi connectivity index (χ1) is 10.7. The van der Waals surface area contributed by atoms with Gasteiger partial charge in [-0.3, -0.25) is 4.79 Å². The Bertz CT molecular complexity index is 450. The first-order valence-electron chi connectivity index (χ1n) is 8.38. The molecule has 3 N–H and O–H groups in total. The highest BCUT2D eigenvalue weighted by atomic mass is 35.5. The minimum atomic E-state index is -0.277. The van der Waals surface area contributed by atoms with Gasteiger partial charge < -0.3 is 15.8 Å². The molecule has 1 saturated carbocycles. The number of benzene rings is 1. The Morgan fingerprint density at radius 3 is 2.57 bits per heavy atom. The van der Waals surface area contributed by atoms with Gasteiger partial charge in [-0.2, -0.15) is 0 Å². The summed E-state index contributed by atoms with van der Waals surface area (Å²) >= 11 is 0. The molecule has 2 atom stereocenters. The number of nitrogens with two attached hydrogens (primary N) is 1. The van der Waals surface area contributed by atoms with Gasteiger partial charge in [-0.1, -0.05) is 56.5 Å². The predicted octanol–water partition coefficient (Wildman–Crippen LogP) is 3.21. The van der Waals surface area contributed by atoms with Gasteiger partial charge in [-0.15, -0.1) is 12.4 Å². The summed E-state index contributed by atoms with van der Waals surface area (Å²) in [7, 11) is 0. The van der Waals surface area contributed by atoms with Crippen LogP contribution in [0.4, 0.5) is 0 Å². The van der Waals surface area contributed by atoms with Gasteiger partial charge in [-0.25, -0.2) is 0 Å². The smallest absolute Gasteiger partial charge is 0.224 e. The van der Waals surface area contributed by atoms with E-state index >= 15 is 0 Å². The van der Waals surface area contributed by atoms with E-state index in [0.717, 1.165) is 18.4 Å². The first-order valence-corrected chi connectivity index (χ1v) is 8.38. The number of hydrogen-bond acceptors (Lipinski definition) is 3. The average molecular weight is 341 g/mol. The fraction of sp³-hybridized carbons (Fsp3) is 0.611. The first kappa shape index (κ1) is 19.9. The van der Waals surface area contributed by atoms with Crippen LogP contribution in [0.5, 0.6) is 0 Å². The fourth-order valence-electron chi connectivity index (χ4n) is 2.92. The van der Waals surface area contributed by atoms with Gasteiger partial charge in [0.05, 0.1) is 18.6 Å². The monoisotopic (exact) mass is 340 g/mol. The molecular weight excluding hydrogens is 312 g/mol. The minimum Gasteiger partial charge on any atom is -0.376 e. The van der Waals surface area contributed by atoms with Gasteiger partial charge in [0.2, 0.25) is 5.91 Å². The lowest BCUT2D eigenvalue weighted by Gasteiger charge is -2.23. The largest absolute Gasteiger partial charge is 0.376 e. The van der Waals surface area contributed by atoms with E-state index in [1.807, 2.05) is 37.3 Å². The average Bonchev–Trinajstić information content (AvgIpc) is 2.59. The number of ether oxygens (including phenoxy) is 1. The zero-order valence-corrected chi connectivity index (χ0v) is 14.7. The van der Waals surface area contributed by atoms with Crippen LogP contribution in [0.15, 0.2) is 30.3 Å². The maximum atomic E-state index is 12.2. The van der Waals surface area contributed by atoms with Gasteiger partial charge in [-0.05, 0) is 18.4 Å². The molecule has 0 bridgehead atoms. The summed E-state index contributed by atoms with van der Waals surface area (Å²) in [5.74, 6) is -0.263. The standard InChI is InChI=1S/C18H28N2O2.ClH/c1-14(17(19)15-8-4-2-5-9-15)18(21)20-12-13-22-16-10-6-3-7-11-16;/h2,4-5,8-9,14,16-17H,3,6-7,10-13,19H2,1H3,(H,20,21);1H. The molecule has 1 amide bonds. The van der Waals surface area contributed by atoms with Gasteiger partial charge in [0, 0.05) is 12.6 Å². The van der Waals surface area contributed by atoms with Crippen molar-refractivity contribution in [3.8, 4) is 0 Å². The highest BCUT2D eigenvalue weighted by Gasteiger charge is 2.21. The number of hydrogen-bond donors (Lipinski definition) is 2. The SMILES string of the molecule is CC(C(=O)NCCOC1CCCCC1)C(N)c1ccccc1.Cl. The third kappa shape index (κ3) is 6.50. The number of carbonyl (C=O) groups excluding carboxylic acids is 1. The van der Waals surface area contributed by atoms with Gasteiger partial charge >= 0.3 is 0 Å². The highest BCUT2D eigenvalue weighted by molar-refractivity contribution is 5.85. The van der Waals surface area contributed by atoms with Crippen molar-refractivity contribution < 1.29 is 9.53 Å². The molecule has 4 nitrogen and oxygen atoms in total. The molecule has 0 aromatic heterocycles. The summed E-state index contributed by atoms with van der Waals surface area (Å²) < 4.78 is 5.81. The van der Waals surface area contributed by atoms with E-state index in [4.69, 9.17) is 10.5 Å². The predicted molar refractivity (Wildman–Crippen MR) is 95.6 cm³/mol. The molecule has 0 radical (unpaired) electrons. The maximum absolute atomic E-state index is 12.2. The minimum absolute atomic E-state index is 0. The van der Waals surface area contributed by atoms with Crippen molar-refractivity contribution >= 4 is 18.3 Å². The van der Waals surface area contributed by atoms with Crippen LogP contribution in [0, 0.1) is 5.92 Å². The van der Waals surface area contributed by atoms with Crippen LogP contribution < -0.4 is 11.1 Å². The molecule has 130 valence electrons. The molecule has 23 heavy (non-hydrogen) atoms. The highest BCUT2D eigenvalue weighted by Crippen LogP contribution is 2.20. The molecule has 0 heterocycles. The molecule has 1 aromatic carbocycles. The van der Waals surface area contributed by atoms with Gasteiger partial charge in [0.1, 0.15) is 0 Å². The Labute approximate surface area is 145 Å². The molecule has 5 heteroatoms. The van der Waals surface area contributed by atoms with Crippen molar-refractivity contribution in [2.24, 2.45) is 11.7 Å². The molecule has 0 saturated heterocycles. The van der Waals surface area contributed by atoms with Crippen molar-refractivity contribution in [3.05, 3.63) is 35.9 Å². The second kappa shape index (κ2) is 10.6. The van der Waals surface area contributed by atoms with Crippen LogP contribution in [0.25, 0.3) is 0 Å². The Kier molecular flexibility index (Phi) is 9.22. The Morgan fingerprint density at radius 2 is 1.91 bits per heavy atom. The van der Waals surface area contributed by atoms with E-state index in [0.29, 0.717) is 19.3 Å². The molecule has 1 fully saturated rings. The molecule has 1 aliphatic carbocycles. The van der Waals surface area contributed by atoms with Crippen molar-refractivity contribution in [1.82, 2.24) is 5.32 Å². The fourth-order valence-corrected chi connectivity index (χ4v) is 2.92. The zero-order chi connectivity index (χ0) is 15.8. The molecule has 1 aromatic rings. The molecule has 0 spiro atoms. The van der Waals surface area contributed by atoms with Gasteiger partial charge in [0.15, 0.2) is 0 Å². The van der Waals surface area contributed by atoms with E-state index in [2.05, 4.69) is 5.32 Å². The number of halogens is 1. The summed E-state index contributed by atoms with van der Waals surface area (Å²) in [5.41, 5.74) is 7.16. The van der Waals surface area contributed by atoms with Crippen molar-refractivity contribution in [3.63, 3.8) is 0 Å². The topological polar surface area (TPSA) is 64.3 Å². The van der Waals surface area contributed by atoms with Crippen LogP contribution in [0.1, 0.15) is 50.6 Å². The molecule has 2 unspecified atom stereocenters. The van der Waals surface area contributed by atoms with Crippen LogP contribution in [-0.2, 0) is 9.53 Å². The van der Waals surface area contributed by atoms with E-state index in [1.165, 1.54) is 19.3 Å². The third-order valence-corrected chi connectivity index (χ3v) is 4.44. The molecule has 0 aliphatic heterocycles. The summed E-state index contributed by atoms with van der Waals surface area (Å²) in [6, 6.07) is 9.47. The second-order valence-corrected chi connectivity index (χ2v) is 6.15. The number of amides is 1. The Hall–Kier alpha value is -1.10. The van der Waals surface area contributed by atoms with Crippen molar-refractivity contribution in [2.75, 3.05) is 13.2 Å². The van der Waals surface area contributed by atoms with E-state index < -0.39 is 0 Å². The molecule has 2 rings (SSSR count). The quantitative estimate of drug-likeness (QED) is 0.749. The van der Waals surface area contributed by atoms with Crippen LogP contribution in [0.3, 0.4) is 0 Å². The van der Waals surface area contributed by atoms with Crippen LogP contribution in [-0.4, -0.2) is 25.2 Å². The zero-order valence-electron chi connectivity index (χ0n) is 13.9. The van der Waals surface area contributed by atoms with E-state index in [1.54, 1.807) is 0 Å². The normalized spacial score (nSPS) is 17.8. The van der Waals surface area contributed by atoms with E-state index in [-0.39, 0.29) is 30.3 Å². The summed E-state index contributed by atoms with van der Waals surface area (Å²) in [4.78, 5) is 12.2. The summed E-state index contributed by atoms with van der Waals surface area (Å²) in [6.07, 6.45) is 6.55. The lowest BCUT2D eigenvalue weighted by Crippen LogP contribution is -2.37. The maximum Gasteiger partial charge on any atom is 0.224 e. The number of rotatable bonds is 7. The third-order valence-electron chi connectivity index (χ3n) is 4.44. The summed E-state index contributed by atoms with van der Waals surface area (Å²) in [5, 5.41) is 2.93. The second-order valence-electron chi connectivity index (χ2n) is 6.15. The summed E-state index contributed by atoms with van der Waals surface area (Å²) in [6.45, 7) is 3.01. The molecule has 1 aliphatic rings. The van der Waals surface area contributed by atoms with Crippen molar-refractivity contribution in [1.29, 1.82) is 0 Å². The van der Waals surface area contributed by atoms with E-state index in [9.17, 15) is 4.79 Å². The van der Waals surface area contributed by atoms with Crippen LogP contribution in [0.2, 0.25) is 0 Å². The molecular formula is C18H29ClN2O2. The Morgan fingerprint density at radius 1 is 1.26 bits per heavy atom. The van der Waals surface area contributed by atoms with Crippen LogP contribution >= 0.6 is 12.4 Å². The number of nitrogens with one attached hydrogen (secondary N) is 1. The lowest BCUT2D eigenvalue weighted by molar-refractivity contribution is -0.125. The Balaban J connectivity index is 0.00000264. The number of carbonyl (C=O) groups is 1. The van der Waals surface area contributed by atoms with Crippen molar-refractivity contribution in [2.45, 2.75) is 51.2 Å².